The largest absolute Gasteiger partial charge is 0.263 e. The number of nitrogens with zero attached hydrogens (tertiary/aromatic N) is 4. The van der Waals surface area contributed by atoms with Crippen molar-refractivity contribution in [2.75, 3.05) is 0 Å². The predicted octanol–water partition coefficient (Wildman–Crippen LogP) is 13.1. The van der Waals surface area contributed by atoms with Crippen molar-refractivity contribution in [2.24, 2.45) is 0 Å². The SMILES string of the molecule is c1ccc(-c2c3ccccc3c(-c3ccc(-c4cc5nn(-c6ccc(-c7cncc8ccccc78)cc6)nc5c5ccccc45)cc3)c3ccccc23)cc1. The zero-order valence-electron chi connectivity index (χ0n) is 29.8. The summed E-state index contributed by atoms with van der Waals surface area (Å²) >= 11 is 0. The molecule has 9 aromatic carbocycles. The van der Waals surface area contributed by atoms with Gasteiger partial charge in [-0.25, -0.2) is 0 Å². The predicted molar refractivity (Wildman–Crippen MR) is 228 cm³/mol. The molecular formula is C51H32N4. The molecule has 0 fully saturated rings. The fraction of sp³-hybridized carbons (Fsp3) is 0. The van der Waals surface area contributed by atoms with Crippen LogP contribution in [0.5, 0.6) is 0 Å². The van der Waals surface area contributed by atoms with Gasteiger partial charge in [0.15, 0.2) is 0 Å². The van der Waals surface area contributed by atoms with E-state index in [0.29, 0.717) is 0 Å². The Balaban J connectivity index is 1.01. The maximum atomic E-state index is 5.03. The molecule has 0 unspecified atom stereocenters. The van der Waals surface area contributed by atoms with Crippen molar-refractivity contribution in [3.8, 4) is 50.2 Å². The van der Waals surface area contributed by atoms with E-state index in [4.69, 9.17) is 10.2 Å². The highest BCUT2D eigenvalue weighted by molar-refractivity contribution is 6.21. The third-order valence-electron chi connectivity index (χ3n) is 10.9. The van der Waals surface area contributed by atoms with Gasteiger partial charge in [0.1, 0.15) is 11.0 Å². The van der Waals surface area contributed by atoms with Crippen LogP contribution in [0.3, 0.4) is 0 Å². The lowest BCUT2D eigenvalue weighted by Crippen LogP contribution is -1.98. The molecule has 4 heteroatoms. The van der Waals surface area contributed by atoms with E-state index >= 15 is 0 Å². The van der Waals surface area contributed by atoms with Crippen molar-refractivity contribution in [2.45, 2.75) is 0 Å². The highest BCUT2D eigenvalue weighted by Gasteiger charge is 2.18. The fourth-order valence-electron chi connectivity index (χ4n) is 8.39. The topological polar surface area (TPSA) is 43.6 Å². The number of hydrogen-bond acceptors (Lipinski definition) is 3. The lowest BCUT2D eigenvalue weighted by molar-refractivity contribution is 0.766. The molecule has 0 radical (unpaired) electrons. The maximum absolute atomic E-state index is 5.03. The van der Waals surface area contributed by atoms with E-state index in [0.717, 1.165) is 55.1 Å². The smallest absolute Gasteiger partial charge is 0.121 e. The molecule has 256 valence electrons. The average molecular weight is 701 g/mol. The van der Waals surface area contributed by atoms with Crippen molar-refractivity contribution in [1.29, 1.82) is 0 Å². The Morgan fingerprint density at radius 1 is 0.345 bits per heavy atom. The van der Waals surface area contributed by atoms with Crippen molar-refractivity contribution < 1.29 is 0 Å². The molecule has 0 N–H and O–H groups in total. The minimum absolute atomic E-state index is 0.855. The number of fused-ring (bicyclic) bond motifs is 6. The van der Waals surface area contributed by atoms with Crippen LogP contribution in [0.25, 0.3) is 104 Å². The Morgan fingerprint density at radius 3 is 1.49 bits per heavy atom. The molecular weight excluding hydrogens is 669 g/mol. The third-order valence-corrected chi connectivity index (χ3v) is 10.9. The average Bonchev–Trinajstić information content (AvgIpc) is 3.70. The van der Waals surface area contributed by atoms with E-state index in [9.17, 15) is 0 Å². The van der Waals surface area contributed by atoms with Gasteiger partial charge in [-0.1, -0.05) is 164 Å². The monoisotopic (exact) mass is 700 g/mol. The molecule has 0 aliphatic rings. The van der Waals surface area contributed by atoms with Crippen LogP contribution in [0, 0.1) is 0 Å². The van der Waals surface area contributed by atoms with Gasteiger partial charge in [0.2, 0.25) is 0 Å². The van der Waals surface area contributed by atoms with E-state index in [1.165, 1.54) is 49.2 Å². The molecule has 0 amide bonds. The van der Waals surface area contributed by atoms with Crippen LogP contribution in [0.4, 0.5) is 0 Å². The lowest BCUT2D eigenvalue weighted by atomic mass is 9.85. The standard InChI is InChI=1S/C51H32N4/c1-2-12-35(13-3-1)49-41-17-7-9-19-43(41)50(44-20-10-8-18-42(44)49)36-24-22-33(23-25-36)46-30-48-51(45-21-11-6-16-40(45)46)54-55(53-48)38-28-26-34(27-29-38)47-32-52-31-37-14-4-5-15-39(37)47/h1-32H. The summed E-state index contributed by atoms with van der Waals surface area (Å²) in [5.41, 5.74) is 12.1. The Kier molecular flexibility index (Phi) is 7.14. The molecule has 11 rings (SSSR count). The minimum Gasteiger partial charge on any atom is -0.263 e. The van der Waals surface area contributed by atoms with Crippen molar-refractivity contribution in [3.05, 3.63) is 194 Å². The highest BCUT2D eigenvalue weighted by atomic mass is 15.5. The summed E-state index contributed by atoms with van der Waals surface area (Å²) in [7, 11) is 0. The van der Waals surface area contributed by atoms with Gasteiger partial charge in [-0.15, -0.1) is 10.2 Å². The summed E-state index contributed by atoms with van der Waals surface area (Å²) in [5, 5.41) is 19.6. The Bertz CT molecular complexity index is 3170. The molecule has 0 atom stereocenters. The van der Waals surface area contributed by atoms with Gasteiger partial charge in [-0.3, -0.25) is 4.98 Å². The second-order valence-corrected chi connectivity index (χ2v) is 14.1. The van der Waals surface area contributed by atoms with Gasteiger partial charge in [0.05, 0.1) is 5.69 Å². The van der Waals surface area contributed by atoms with E-state index in [-0.39, 0.29) is 0 Å². The summed E-state index contributed by atoms with van der Waals surface area (Å²) < 4.78 is 0. The number of aromatic nitrogens is 4. The van der Waals surface area contributed by atoms with Crippen LogP contribution < -0.4 is 0 Å². The van der Waals surface area contributed by atoms with Crippen LogP contribution in [0.1, 0.15) is 0 Å². The van der Waals surface area contributed by atoms with Gasteiger partial charge in [0.25, 0.3) is 0 Å². The first-order valence-corrected chi connectivity index (χ1v) is 18.6. The first-order chi connectivity index (χ1) is 27.3. The fourth-order valence-corrected chi connectivity index (χ4v) is 8.39. The van der Waals surface area contributed by atoms with Gasteiger partial charge >= 0.3 is 0 Å². The highest BCUT2D eigenvalue weighted by Crippen LogP contribution is 2.44. The Morgan fingerprint density at radius 2 is 0.836 bits per heavy atom. The van der Waals surface area contributed by atoms with Gasteiger partial charge < -0.3 is 0 Å². The second-order valence-electron chi connectivity index (χ2n) is 14.1. The van der Waals surface area contributed by atoms with Crippen LogP contribution >= 0.6 is 0 Å². The first-order valence-electron chi connectivity index (χ1n) is 18.6. The van der Waals surface area contributed by atoms with Gasteiger partial charge in [0, 0.05) is 28.7 Å². The Labute approximate surface area is 317 Å². The molecule has 0 aliphatic carbocycles. The zero-order valence-corrected chi connectivity index (χ0v) is 29.8. The van der Waals surface area contributed by atoms with E-state index < -0.39 is 0 Å². The maximum Gasteiger partial charge on any atom is 0.121 e. The quantitative estimate of drug-likeness (QED) is 0.168. The zero-order chi connectivity index (χ0) is 36.3. The first kappa shape index (κ1) is 31.1. The van der Waals surface area contributed by atoms with Crippen molar-refractivity contribution >= 4 is 54.1 Å². The lowest BCUT2D eigenvalue weighted by Gasteiger charge is -2.18. The molecule has 0 spiro atoms. The van der Waals surface area contributed by atoms with Crippen molar-refractivity contribution in [1.82, 2.24) is 20.0 Å². The van der Waals surface area contributed by atoms with Crippen LogP contribution in [-0.4, -0.2) is 20.0 Å². The van der Waals surface area contributed by atoms with Crippen LogP contribution in [0.15, 0.2) is 194 Å². The summed E-state index contributed by atoms with van der Waals surface area (Å²) in [5.74, 6) is 0. The van der Waals surface area contributed by atoms with Gasteiger partial charge in [-0.05, 0) is 89.5 Å². The summed E-state index contributed by atoms with van der Waals surface area (Å²) in [6.45, 7) is 0. The number of rotatable bonds is 5. The molecule has 2 aromatic heterocycles. The summed E-state index contributed by atoms with van der Waals surface area (Å²) in [6, 6.07) is 64.9. The van der Waals surface area contributed by atoms with Gasteiger partial charge in [-0.2, -0.15) is 4.80 Å². The summed E-state index contributed by atoms with van der Waals surface area (Å²) in [6.07, 6.45) is 3.84. The molecule has 0 saturated heterocycles. The molecule has 55 heavy (non-hydrogen) atoms. The van der Waals surface area contributed by atoms with Crippen LogP contribution in [0.2, 0.25) is 0 Å². The number of pyridine rings is 1. The molecule has 0 saturated carbocycles. The normalized spacial score (nSPS) is 11.6. The van der Waals surface area contributed by atoms with E-state index in [1.807, 2.05) is 18.5 Å². The molecule has 0 bridgehead atoms. The Hall–Kier alpha value is -7.43. The number of hydrogen-bond donors (Lipinski definition) is 0. The minimum atomic E-state index is 0.855. The third kappa shape index (κ3) is 5.11. The van der Waals surface area contributed by atoms with Crippen LogP contribution in [-0.2, 0) is 0 Å². The van der Waals surface area contributed by atoms with E-state index in [1.54, 1.807) is 4.80 Å². The molecule has 4 nitrogen and oxygen atoms in total. The molecule has 11 aromatic rings. The van der Waals surface area contributed by atoms with Crippen molar-refractivity contribution in [3.63, 3.8) is 0 Å². The van der Waals surface area contributed by atoms with E-state index in [2.05, 4.69) is 181 Å². The molecule has 2 heterocycles. The number of benzene rings is 9. The molecule has 0 aliphatic heterocycles. The second kappa shape index (κ2) is 12.6. The summed E-state index contributed by atoms with van der Waals surface area (Å²) in [4.78, 5) is 6.24.